The average Bonchev–Trinajstić information content (AvgIpc) is 3.11. The van der Waals surface area contributed by atoms with Gasteiger partial charge in [0, 0.05) is 24.7 Å². The van der Waals surface area contributed by atoms with Crippen LogP contribution in [0.5, 0.6) is 0 Å². The molecule has 2 atom stereocenters. The summed E-state index contributed by atoms with van der Waals surface area (Å²) < 4.78 is 4.81. The molecule has 5 heteroatoms. The number of nitrogens with zero attached hydrogens (tertiary/aromatic N) is 1. The van der Waals surface area contributed by atoms with Crippen molar-refractivity contribution in [3.8, 4) is 0 Å². The van der Waals surface area contributed by atoms with Crippen molar-refractivity contribution in [3.63, 3.8) is 0 Å². The summed E-state index contributed by atoms with van der Waals surface area (Å²) in [6, 6.07) is 7.60. The molecule has 0 radical (unpaired) electrons. The van der Waals surface area contributed by atoms with Crippen LogP contribution in [0.25, 0.3) is 10.9 Å². The highest BCUT2D eigenvalue weighted by Gasteiger charge is 2.38. The molecule has 0 bridgehead atoms. The summed E-state index contributed by atoms with van der Waals surface area (Å²) in [5.74, 6) is -0.400. The van der Waals surface area contributed by atoms with Gasteiger partial charge < -0.3 is 14.6 Å². The number of carbonyl (C=O) groups excluding carboxylic acids is 2. The Morgan fingerprint density at radius 2 is 2.10 bits per heavy atom. The maximum absolute atomic E-state index is 12.7. The molecule has 1 aromatic heterocycles. The SMILES string of the molecule is COC(=O)C1CN(C(=O)c2cccc3cc[nH]c23)CC1C. The van der Waals surface area contributed by atoms with Crippen molar-refractivity contribution in [2.24, 2.45) is 11.8 Å². The third-order valence-electron chi connectivity index (χ3n) is 4.22. The van der Waals surface area contributed by atoms with Crippen LogP contribution in [0.4, 0.5) is 0 Å². The van der Waals surface area contributed by atoms with Crippen LogP contribution in [0.15, 0.2) is 30.5 Å². The molecule has 21 heavy (non-hydrogen) atoms. The van der Waals surface area contributed by atoms with Gasteiger partial charge in [0.1, 0.15) is 0 Å². The first kappa shape index (κ1) is 13.7. The lowest BCUT2D eigenvalue weighted by atomic mass is 9.99. The summed E-state index contributed by atoms with van der Waals surface area (Å²) in [6.45, 7) is 2.98. The number of nitrogens with one attached hydrogen (secondary N) is 1. The number of likely N-dealkylation sites (tertiary alicyclic amines) is 1. The minimum atomic E-state index is -0.240. The van der Waals surface area contributed by atoms with Crippen LogP contribution in [0.3, 0.4) is 0 Å². The van der Waals surface area contributed by atoms with Gasteiger partial charge in [0.05, 0.1) is 24.1 Å². The number of ether oxygens (including phenoxy) is 1. The van der Waals surface area contributed by atoms with E-state index in [0.29, 0.717) is 18.7 Å². The number of esters is 1. The molecule has 3 rings (SSSR count). The van der Waals surface area contributed by atoms with Crippen LogP contribution in [0.2, 0.25) is 0 Å². The van der Waals surface area contributed by atoms with Gasteiger partial charge in [0.25, 0.3) is 5.91 Å². The zero-order valence-corrected chi connectivity index (χ0v) is 12.1. The Morgan fingerprint density at radius 1 is 1.29 bits per heavy atom. The zero-order valence-electron chi connectivity index (χ0n) is 12.1. The second-order valence-corrected chi connectivity index (χ2v) is 5.56. The Labute approximate surface area is 122 Å². The van der Waals surface area contributed by atoms with E-state index in [1.807, 2.05) is 37.4 Å². The average molecular weight is 286 g/mol. The van der Waals surface area contributed by atoms with Gasteiger partial charge in [-0.3, -0.25) is 9.59 Å². The number of aromatic amines is 1. The Hall–Kier alpha value is -2.30. The first-order valence-corrected chi connectivity index (χ1v) is 7.05. The molecule has 0 saturated carbocycles. The lowest BCUT2D eigenvalue weighted by Gasteiger charge is -2.16. The molecule has 1 aliphatic heterocycles. The molecule has 0 aliphatic carbocycles. The second kappa shape index (κ2) is 5.24. The number of hydrogen-bond donors (Lipinski definition) is 1. The molecule has 5 nitrogen and oxygen atoms in total. The van der Waals surface area contributed by atoms with Crippen molar-refractivity contribution in [1.82, 2.24) is 9.88 Å². The van der Waals surface area contributed by atoms with E-state index in [0.717, 1.165) is 10.9 Å². The van der Waals surface area contributed by atoms with E-state index >= 15 is 0 Å². The lowest BCUT2D eigenvalue weighted by Crippen LogP contribution is -2.30. The van der Waals surface area contributed by atoms with E-state index in [4.69, 9.17) is 4.74 Å². The van der Waals surface area contributed by atoms with Crippen LogP contribution in [0, 0.1) is 11.8 Å². The van der Waals surface area contributed by atoms with Crippen LogP contribution < -0.4 is 0 Å². The van der Waals surface area contributed by atoms with Crippen molar-refractivity contribution >= 4 is 22.8 Å². The van der Waals surface area contributed by atoms with E-state index in [1.165, 1.54) is 7.11 Å². The summed E-state index contributed by atoms with van der Waals surface area (Å²) >= 11 is 0. The van der Waals surface area contributed by atoms with Gasteiger partial charge in [-0.25, -0.2) is 0 Å². The molecule has 1 saturated heterocycles. The van der Waals surface area contributed by atoms with Gasteiger partial charge in [-0.05, 0) is 18.1 Å². The van der Waals surface area contributed by atoms with Crippen molar-refractivity contribution in [1.29, 1.82) is 0 Å². The predicted octanol–water partition coefficient (Wildman–Crippen LogP) is 2.05. The number of methoxy groups -OCH3 is 1. The fourth-order valence-electron chi connectivity index (χ4n) is 3.02. The van der Waals surface area contributed by atoms with Crippen LogP contribution in [-0.2, 0) is 9.53 Å². The molecule has 1 amide bonds. The molecule has 1 fully saturated rings. The molecule has 2 heterocycles. The number of para-hydroxylation sites is 1. The molecule has 2 aromatic rings. The molecular formula is C16H18N2O3. The fourth-order valence-corrected chi connectivity index (χ4v) is 3.02. The van der Waals surface area contributed by atoms with Gasteiger partial charge >= 0.3 is 5.97 Å². The smallest absolute Gasteiger partial charge is 0.310 e. The summed E-state index contributed by atoms with van der Waals surface area (Å²) in [5.41, 5.74) is 1.49. The van der Waals surface area contributed by atoms with Crippen molar-refractivity contribution in [2.45, 2.75) is 6.92 Å². The number of hydrogen-bond acceptors (Lipinski definition) is 3. The Morgan fingerprint density at radius 3 is 2.86 bits per heavy atom. The first-order chi connectivity index (χ1) is 10.1. The molecule has 0 spiro atoms. The molecule has 1 N–H and O–H groups in total. The number of H-pyrrole nitrogens is 1. The summed E-state index contributed by atoms with van der Waals surface area (Å²) in [4.78, 5) is 29.3. The van der Waals surface area contributed by atoms with E-state index in [9.17, 15) is 9.59 Å². The van der Waals surface area contributed by atoms with Crippen molar-refractivity contribution in [3.05, 3.63) is 36.0 Å². The van der Waals surface area contributed by atoms with Gasteiger partial charge in [0.2, 0.25) is 0 Å². The lowest BCUT2D eigenvalue weighted by molar-refractivity contribution is -0.146. The molecule has 2 unspecified atom stereocenters. The highest BCUT2D eigenvalue weighted by molar-refractivity contribution is 6.05. The molecule has 1 aromatic carbocycles. The van der Waals surface area contributed by atoms with Crippen LogP contribution in [-0.4, -0.2) is 42.0 Å². The fraction of sp³-hybridized carbons (Fsp3) is 0.375. The monoisotopic (exact) mass is 286 g/mol. The summed E-state index contributed by atoms with van der Waals surface area (Å²) in [6.07, 6.45) is 1.82. The number of fused-ring (bicyclic) bond motifs is 1. The highest BCUT2D eigenvalue weighted by atomic mass is 16.5. The Bertz CT molecular complexity index is 692. The molecular weight excluding hydrogens is 268 g/mol. The summed E-state index contributed by atoms with van der Waals surface area (Å²) in [5, 5.41) is 1.01. The van der Waals surface area contributed by atoms with E-state index in [2.05, 4.69) is 4.98 Å². The predicted molar refractivity (Wildman–Crippen MR) is 78.9 cm³/mol. The maximum Gasteiger partial charge on any atom is 0.310 e. The normalized spacial score (nSPS) is 21.7. The minimum absolute atomic E-state index is 0.0405. The third kappa shape index (κ3) is 2.28. The number of amides is 1. The Balaban J connectivity index is 1.86. The zero-order chi connectivity index (χ0) is 15.0. The second-order valence-electron chi connectivity index (χ2n) is 5.56. The largest absolute Gasteiger partial charge is 0.469 e. The van der Waals surface area contributed by atoms with Gasteiger partial charge in [-0.1, -0.05) is 19.1 Å². The number of aromatic nitrogens is 1. The van der Waals surface area contributed by atoms with E-state index < -0.39 is 0 Å². The number of benzene rings is 1. The quantitative estimate of drug-likeness (QED) is 0.859. The maximum atomic E-state index is 12.7. The Kier molecular flexibility index (Phi) is 3.41. The molecule has 110 valence electrons. The number of carbonyl (C=O) groups is 2. The van der Waals surface area contributed by atoms with E-state index in [-0.39, 0.29) is 23.7 Å². The van der Waals surface area contributed by atoms with Crippen molar-refractivity contribution < 1.29 is 14.3 Å². The van der Waals surface area contributed by atoms with E-state index in [1.54, 1.807) is 4.90 Å². The highest BCUT2D eigenvalue weighted by Crippen LogP contribution is 2.27. The molecule has 1 aliphatic rings. The first-order valence-electron chi connectivity index (χ1n) is 7.05. The van der Waals surface area contributed by atoms with Gasteiger partial charge in [-0.2, -0.15) is 0 Å². The van der Waals surface area contributed by atoms with Crippen LogP contribution in [0.1, 0.15) is 17.3 Å². The number of rotatable bonds is 2. The topological polar surface area (TPSA) is 62.4 Å². The minimum Gasteiger partial charge on any atom is -0.469 e. The standard InChI is InChI=1S/C16H18N2O3/c1-10-8-18(9-13(10)16(20)21-2)15(19)12-5-3-4-11-6-7-17-14(11)12/h3-7,10,13,17H,8-9H2,1-2H3. The van der Waals surface area contributed by atoms with Crippen molar-refractivity contribution in [2.75, 3.05) is 20.2 Å². The van der Waals surface area contributed by atoms with Crippen LogP contribution >= 0.6 is 0 Å². The van der Waals surface area contributed by atoms with Gasteiger partial charge in [0.15, 0.2) is 0 Å². The third-order valence-corrected chi connectivity index (χ3v) is 4.22. The summed E-state index contributed by atoms with van der Waals surface area (Å²) in [7, 11) is 1.39. The van der Waals surface area contributed by atoms with Gasteiger partial charge in [-0.15, -0.1) is 0 Å².